The van der Waals surface area contributed by atoms with Gasteiger partial charge in [0.15, 0.2) is 0 Å². The van der Waals surface area contributed by atoms with E-state index in [4.69, 9.17) is 9.47 Å². The standard InChI is InChI=1S/C13H20N2O4/c1-10-4-5-11(12(16)14-10)13(17)15(6-8-18-2)7-9-19-3/h4-5H,6-9H2,1-3H3,(H,14,16). The lowest BCUT2D eigenvalue weighted by Gasteiger charge is -2.21. The number of ether oxygens (including phenoxy) is 2. The zero-order chi connectivity index (χ0) is 14.3. The van der Waals surface area contributed by atoms with Crippen molar-refractivity contribution in [2.75, 3.05) is 40.5 Å². The quantitative estimate of drug-likeness (QED) is 0.778. The summed E-state index contributed by atoms with van der Waals surface area (Å²) in [5.41, 5.74) is 0.490. The Morgan fingerprint density at radius 2 is 1.79 bits per heavy atom. The zero-order valence-corrected chi connectivity index (χ0v) is 11.6. The van der Waals surface area contributed by atoms with Gasteiger partial charge in [-0.2, -0.15) is 0 Å². The summed E-state index contributed by atoms with van der Waals surface area (Å²) in [5.74, 6) is -0.310. The first kappa shape index (κ1) is 15.4. The molecule has 0 fully saturated rings. The van der Waals surface area contributed by atoms with E-state index in [0.717, 1.165) is 5.69 Å². The Hall–Kier alpha value is -1.66. The molecule has 1 amide bonds. The van der Waals surface area contributed by atoms with Gasteiger partial charge in [0.1, 0.15) is 5.56 Å². The molecule has 0 bridgehead atoms. The molecule has 1 aromatic rings. The molecular weight excluding hydrogens is 248 g/mol. The van der Waals surface area contributed by atoms with E-state index in [1.165, 1.54) is 0 Å². The molecular formula is C13H20N2O4. The summed E-state index contributed by atoms with van der Waals surface area (Å²) in [5, 5.41) is 0. The van der Waals surface area contributed by atoms with Gasteiger partial charge >= 0.3 is 0 Å². The van der Waals surface area contributed by atoms with Crippen LogP contribution in [0, 0.1) is 6.92 Å². The molecule has 0 atom stereocenters. The smallest absolute Gasteiger partial charge is 0.260 e. The SMILES string of the molecule is COCCN(CCOC)C(=O)c1ccc(C)[nH]c1=O. The molecule has 0 spiro atoms. The van der Waals surface area contributed by atoms with Gasteiger partial charge in [0.25, 0.3) is 11.5 Å². The van der Waals surface area contributed by atoms with E-state index in [1.54, 1.807) is 38.2 Å². The molecule has 6 heteroatoms. The van der Waals surface area contributed by atoms with E-state index < -0.39 is 0 Å². The molecule has 1 heterocycles. The number of aromatic nitrogens is 1. The molecule has 0 aliphatic carbocycles. The maximum atomic E-state index is 12.3. The third kappa shape index (κ3) is 4.50. The highest BCUT2D eigenvalue weighted by Crippen LogP contribution is 2.01. The minimum absolute atomic E-state index is 0.137. The van der Waals surface area contributed by atoms with E-state index >= 15 is 0 Å². The highest BCUT2D eigenvalue weighted by Gasteiger charge is 2.18. The number of rotatable bonds is 7. The average molecular weight is 268 g/mol. The first-order chi connectivity index (χ1) is 9.10. The van der Waals surface area contributed by atoms with Crippen LogP contribution in [0.2, 0.25) is 0 Å². The minimum Gasteiger partial charge on any atom is -0.383 e. The summed E-state index contributed by atoms with van der Waals surface area (Å²) in [6.07, 6.45) is 0. The van der Waals surface area contributed by atoms with Crippen LogP contribution in [0.25, 0.3) is 0 Å². The Morgan fingerprint density at radius 1 is 1.21 bits per heavy atom. The predicted molar refractivity (Wildman–Crippen MR) is 71.5 cm³/mol. The predicted octanol–water partition coefficient (Wildman–Crippen LogP) is 0.418. The average Bonchev–Trinajstić information content (AvgIpc) is 2.38. The Labute approximate surface area is 112 Å². The summed E-state index contributed by atoms with van der Waals surface area (Å²) >= 11 is 0. The number of aromatic amines is 1. The lowest BCUT2D eigenvalue weighted by molar-refractivity contribution is 0.0625. The molecule has 0 unspecified atom stereocenters. The van der Waals surface area contributed by atoms with Gasteiger partial charge in [-0.15, -0.1) is 0 Å². The summed E-state index contributed by atoms with van der Waals surface area (Å²) in [7, 11) is 3.13. The van der Waals surface area contributed by atoms with Gasteiger partial charge in [0.05, 0.1) is 13.2 Å². The topological polar surface area (TPSA) is 71.6 Å². The van der Waals surface area contributed by atoms with Gasteiger partial charge < -0.3 is 19.4 Å². The van der Waals surface area contributed by atoms with Crippen LogP contribution in [-0.4, -0.2) is 56.3 Å². The fraction of sp³-hybridized carbons (Fsp3) is 0.538. The van der Waals surface area contributed by atoms with Gasteiger partial charge in [-0.1, -0.05) is 0 Å². The summed E-state index contributed by atoms with van der Waals surface area (Å²) in [6.45, 7) is 3.44. The Kier molecular flexibility index (Phi) is 6.24. The molecule has 1 aromatic heterocycles. The zero-order valence-electron chi connectivity index (χ0n) is 11.6. The first-order valence-electron chi connectivity index (χ1n) is 6.07. The Bertz CT molecular complexity index is 462. The maximum absolute atomic E-state index is 12.3. The Balaban J connectivity index is 2.87. The number of aryl methyl sites for hydroxylation is 1. The number of hydrogen-bond donors (Lipinski definition) is 1. The number of hydrogen-bond acceptors (Lipinski definition) is 4. The largest absolute Gasteiger partial charge is 0.383 e. The van der Waals surface area contributed by atoms with Crippen molar-refractivity contribution in [2.24, 2.45) is 0 Å². The number of carbonyl (C=O) groups is 1. The molecule has 106 valence electrons. The van der Waals surface area contributed by atoms with Crippen LogP contribution < -0.4 is 5.56 Å². The van der Waals surface area contributed by atoms with Gasteiger partial charge in [0, 0.05) is 33.0 Å². The van der Waals surface area contributed by atoms with E-state index in [0.29, 0.717) is 26.3 Å². The molecule has 1 N–H and O–H groups in total. The van der Waals surface area contributed by atoms with Crippen molar-refractivity contribution < 1.29 is 14.3 Å². The number of amides is 1. The number of nitrogens with zero attached hydrogens (tertiary/aromatic N) is 1. The third-order valence-electron chi connectivity index (χ3n) is 2.70. The molecule has 19 heavy (non-hydrogen) atoms. The van der Waals surface area contributed by atoms with Crippen LogP contribution in [-0.2, 0) is 9.47 Å². The van der Waals surface area contributed by atoms with E-state index in [2.05, 4.69) is 4.98 Å². The molecule has 0 radical (unpaired) electrons. The van der Waals surface area contributed by atoms with E-state index in [1.807, 2.05) is 0 Å². The van der Waals surface area contributed by atoms with Crippen LogP contribution in [0.1, 0.15) is 16.1 Å². The van der Waals surface area contributed by atoms with Crippen molar-refractivity contribution in [3.8, 4) is 0 Å². The highest BCUT2D eigenvalue weighted by molar-refractivity contribution is 5.93. The fourth-order valence-corrected chi connectivity index (χ4v) is 1.63. The van der Waals surface area contributed by atoms with Crippen molar-refractivity contribution in [3.05, 3.63) is 33.7 Å². The van der Waals surface area contributed by atoms with Crippen LogP contribution in [0.15, 0.2) is 16.9 Å². The Morgan fingerprint density at radius 3 is 2.26 bits per heavy atom. The van der Waals surface area contributed by atoms with Crippen molar-refractivity contribution in [3.63, 3.8) is 0 Å². The van der Waals surface area contributed by atoms with Crippen LogP contribution >= 0.6 is 0 Å². The molecule has 0 saturated carbocycles. The molecule has 0 aliphatic heterocycles. The number of pyridine rings is 1. The summed E-state index contributed by atoms with van der Waals surface area (Å²) in [4.78, 5) is 28.2. The maximum Gasteiger partial charge on any atom is 0.260 e. The second-order valence-electron chi connectivity index (χ2n) is 4.16. The fourth-order valence-electron chi connectivity index (χ4n) is 1.63. The number of nitrogens with one attached hydrogen (secondary N) is 1. The monoisotopic (exact) mass is 268 g/mol. The molecule has 1 rings (SSSR count). The molecule has 0 aromatic carbocycles. The van der Waals surface area contributed by atoms with Crippen molar-refractivity contribution in [1.29, 1.82) is 0 Å². The van der Waals surface area contributed by atoms with Crippen LogP contribution in [0.3, 0.4) is 0 Å². The van der Waals surface area contributed by atoms with E-state index in [-0.39, 0.29) is 17.0 Å². The second-order valence-corrected chi connectivity index (χ2v) is 4.16. The highest BCUT2D eigenvalue weighted by atomic mass is 16.5. The van der Waals surface area contributed by atoms with Crippen molar-refractivity contribution in [1.82, 2.24) is 9.88 Å². The normalized spacial score (nSPS) is 10.5. The van der Waals surface area contributed by atoms with Crippen LogP contribution in [0.4, 0.5) is 0 Å². The first-order valence-corrected chi connectivity index (χ1v) is 6.07. The van der Waals surface area contributed by atoms with Crippen molar-refractivity contribution in [2.45, 2.75) is 6.92 Å². The lowest BCUT2D eigenvalue weighted by Crippen LogP contribution is -2.39. The van der Waals surface area contributed by atoms with Gasteiger partial charge in [-0.3, -0.25) is 9.59 Å². The number of H-pyrrole nitrogens is 1. The number of methoxy groups -OCH3 is 2. The van der Waals surface area contributed by atoms with Crippen LogP contribution in [0.5, 0.6) is 0 Å². The van der Waals surface area contributed by atoms with E-state index in [9.17, 15) is 9.59 Å². The number of carbonyl (C=O) groups excluding carboxylic acids is 1. The minimum atomic E-state index is -0.371. The van der Waals surface area contributed by atoms with Gasteiger partial charge in [0.2, 0.25) is 0 Å². The molecule has 0 saturated heterocycles. The summed E-state index contributed by atoms with van der Waals surface area (Å²) < 4.78 is 9.93. The lowest BCUT2D eigenvalue weighted by atomic mass is 10.2. The summed E-state index contributed by atoms with van der Waals surface area (Å²) in [6, 6.07) is 3.25. The third-order valence-corrected chi connectivity index (χ3v) is 2.70. The van der Waals surface area contributed by atoms with Gasteiger partial charge in [-0.25, -0.2) is 0 Å². The van der Waals surface area contributed by atoms with Gasteiger partial charge in [-0.05, 0) is 19.1 Å². The second kappa shape index (κ2) is 7.70. The molecule has 6 nitrogen and oxygen atoms in total. The molecule has 0 aliphatic rings. The van der Waals surface area contributed by atoms with Crippen molar-refractivity contribution >= 4 is 5.91 Å².